The highest BCUT2D eigenvalue weighted by Gasteiger charge is 2.28. The van der Waals surface area contributed by atoms with Gasteiger partial charge in [-0.05, 0) is 44.5 Å². The molecule has 82 valence electrons. The van der Waals surface area contributed by atoms with Crippen LogP contribution in [0.15, 0.2) is 23.1 Å². The molecule has 0 saturated heterocycles. The summed E-state index contributed by atoms with van der Waals surface area (Å²) in [5, 5.41) is 8.95. The average Bonchev–Trinajstić information content (AvgIpc) is 2.09. The highest BCUT2D eigenvalue weighted by molar-refractivity contribution is 8.01. The van der Waals surface area contributed by atoms with Gasteiger partial charge in [-0.1, -0.05) is 0 Å². The van der Waals surface area contributed by atoms with Crippen LogP contribution in [0.25, 0.3) is 0 Å². The standard InChI is InChI=1S/C11H13FO2S/c1-7-6-8(12)4-5-9(7)15-11(2,3)10(13)14/h4-6H,1-3H3,(H,13,14). The monoisotopic (exact) mass is 228 g/mol. The molecule has 1 aromatic carbocycles. The van der Waals surface area contributed by atoms with Crippen molar-refractivity contribution >= 4 is 17.7 Å². The molecule has 0 amide bonds. The van der Waals surface area contributed by atoms with Gasteiger partial charge in [0.1, 0.15) is 10.6 Å². The molecule has 0 spiro atoms. The Bertz CT molecular complexity index is 388. The van der Waals surface area contributed by atoms with Gasteiger partial charge in [-0.2, -0.15) is 0 Å². The molecule has 0 fully saturated rings. The van der Waals surface area contributed by atoms with Gasteiger partial charge in [0.15, 0.2) is 0 Å². The lowest BCUT2D eigenvalue weighted by molar-refractivity contribution is -0.138. The highest BCUT2D eigenvalue weighted by Crippen LogP contribution is 2.34. The second-order valence-corrected chi connectivity index (χ2v) is 5.49. The molecule has 0 radical (unpaired) electrons. The molecule has 0 saturated carbocycles. The quantitative estimate of drug-likeness (QED) is 0.808. The Morgan fingerprint density at radius 2 is 2.07 bits per heavy atom. The van der Waals surface area contributed by atoms with Crippen LogP contribution in [-0.4, -0.2) is 15.8 Å². The lowest BCUT2D eigenvalue weighted by atomic mass is 10.2. The van der Waals surface area contributed by atoms with E-state index in [1.54, 1.807) is 26.8 Å². The Labute approximate surface area is 92.5 Å². The van der Waals surface area contributed by atoms with Crippen LogP contribution in [0.3, 0.4) is 0 Å². The van der Waals surface area contributed by atoms with E-state index in [9.17, 15) is 9.18 Å². The third-order valence-electron chi connectivity index (χ3n) is 2.02. The van der Waals surface area contributed by atoms with Crippen LogP contribution >= 0.6 is 11.8 Å². The molecule has 2 nitrogen and oxygen atoms in total. The van der Waals surface area contributed by atoms with Gasteiger partial charge in [0.25, 0.3) is 0 Å². The molecular weight excluding hydrogens is 215 g/mol. The zero-order valence-corrected chi connectivity index (χ0v) is 9.69. The number of aryl methyl sites for hydroxylation is 1. The predicted octanol–water partition coefficient (Wildman–Crippen LogP) is 3.09. The predicted molar refractivity (Wildman–Crippen MR) is 58.7 cm³/mol. The van der Waals surface area contributed by atoms with Gasteiger partial charge in [-0.25, -0.2) is 4.39 Å². The molecular formula is C11H13FO2S. The minimum absolute atomic E-state index is 0.301. The summed E-state index contributed by atoms with van der Waals surface area (Å²) in [6, 6.07) is 4.35. The molecule has 1 rings (SSSR count). The molecule has 0 aliphatic rings. The van der Waals surface area contributed by atoms with Gasteiger partial charge in [-0.3, -0.25) is 4.79 Å². The molecule has 4 heteroatoms. The van der Waals surface area contributed by atoms with E-state index >= 15 is 0 Å². The highest BCUT2D eigenvalue weighted by atomic mass is 32.2. The number of carboxylic acid groups (broad SMARTS) is 1. The van der Waals surface area contributed by atoms with E-state index in [-0.39, 0.29) is 5.82 Å². The Balaban J connectivity index is 2.95. The maximum Gasteiger partial charge on any atom is 0.319 e. The van der Waals surface area contributed by atoms with Crippen molar-refractivity contribution < 1.29 is 14.3 Å². The average molecular weight is 228 g/mol. The van der Waals surface area contributed by atoms with Crippen LogP contribution in [0.4, 0.5) is 4.39 Å². The van der Waals surface area contributed by atoms with Gasteiger partial charge in [0.2, 0.25) is 0 Å². The maximum atomic E-state index is 12.8. The van der Waals surface area contributed by atoms with Crippen molar-refractivity contribution in [3.05, 3.63) is 29.6 Å². The third kappa shape index (κ3) is 2.96. The first-order chi connectivity index (χ1) is 6.83. The number of hydrogen-bond donors (Lipinski definition) is 1. The lowest BCUT2D eigenvalue weighted by Gasteiger charge is -2.19. The summed E-state index contributed by atoms with van der Waals surface area (Å²) in [5.74, 6) is -1.18. The van der Waals surface area contributed by atoms with Crippen LogP contribution in [0.5, 0.6) is 0 Å². The van der Waals surface area contributed by atoms with E-state index in [0.29, 0.717) is 0 Å². The number of aliphatic carboxylic acids is 1. The number of halogens is 1. The molecule has 0 unspecified atom stereocenters. The number of carboxylic acids is 1. The number of rotatable bonds is 3. The van der Waals surface area contributed by atoms with Crippen LogP contribution in [0.2, 0.25) is 0 Å². The fourth-order valence-electron chi connectivity index (χ4n) is 1.05. The first kappa shape index (κ1) is 12.0. The Morgan fingerprint density at radius 3 is 2.53 bits per heavy atom. The number of carbonyl (C=O) groups is 1. The van der Waals surface area contributed by atoms with Crippen LogP contribution in [-0.2, 0) is 4.79 Å². The summed E-state index contributed by atoms with van der Waals surface area (Å²) in [5.41, 5.74) is 0.759. The molecule has 0 aliphatic carbocycles. The van der Waals surface area contributed by atoms with E-state index in [2.05, 4.69) is 0 Å². The largest absolute Gasteiger partial charge is 0.480 e. The van der Waals surface area contributed by atoms with Crippen molar-refractivity contribution in [2.45, 2.75) is 30.4 Å². The molecule has 0 bridgehead atoms. The van der Waals surface area contributed by atoms with Crippen LogP contribution < -0.4 is 0 Å². The number of hydrogen-bond acceptors (Lipinski definition) is 2. The minimum Gasteiger partial charge on any atom is -0.480 e. The van der Waals surface area contributed by atoms with Crippen molar-refractivity contribution in [2.75, 3.05) is 0 Å². The van der Waals surface area contributed by atoms with E-state index in [4.69, 9.17) is 5.11 Å². The Hall–Kier alpha value is -1.03. The molecule has 15 heavy (non-hydrogen) atoms. The third-order valence-corrected chi connectivity index (χ3v) is 3.38. The van der Waals surface area contributed by atoms with E-state index < -0.39 is 10.7 Å². The van der Waals surface area contributed by atoms with E-state index in [1.165, 1.54) is 23.9 Å². The summed E-state index contributed by atoms with van der Waals surface area (Å²) in [4.78, 5) is 11.7. The van der Waals surface area contributed by atoms with E-state index in [0.717, 1.165) is 10.5 Å². The van der Waals surface area contributed by atoms with Crippen molar-refractivity contribution in [2.24, 2.45) is 0 Å². The fourth-order valence-corrected chi connectivity index (χ4v) is 2.04. The summed E-state index contributed by atoms with van der Waals surface area (Å²) in [6.45, 7) is 5.02. The smallest absolute Gasteiger partial charge is 0.319 e. The summed E-state index contributed by atoms with van der Waals surface area (Å²) < 4.78 is 11.9. The second kappa shape index (κ2) is 4.23. The SMILES string of the molecule is Cc1cc(F)ccc1SC(C)(C)C(=O)O. The molecule has 1 aromatic rings. The Kier molecular flexibility index (Phi) is 3.39. The fraction of sp³-hybridized carbons (Fsp3) is 0.364. The second-order valence-electron chi connectivity index (χ2n) is 3.83. The minimum atomic E-state index is -0.900. The van der Waals surface area contributed by atoms with Gasteiger partial charge in [0, 0.05) is 4.90 Å². The van der Waals surface area contributed by atoms with Gasteiger partial charge >= 0.3 is 5.97 Å². The normalized spacial score (nSPS) is 11.5. The molecule has 0 atom stereocenters. The molecule has 0 aromatic heterocycles. The van der Waals surface area contributed by atoms with Gasteiger partial charge in [0.05, 0.1) is 0 Å². The maximum absolute atomic E-state index is 12.8. The number of benzene rings is 1. The summed E-state index contributed by atoms with van der Waals surface area (Å²) in [7, 11) is 0. The van der Waals surface area contributed by atoms with Crippen LogP contribution in [0, 0.1) is 12.7 Å². The first-order valence-electron chi connectivity index (χ1n) is 4.51. The summed E-state index contributed by atoms with van der Waals surface area (Å²) >= 11 is 1.22. The topological polar surface area (TPSA) is 37.3 Å². The van der Waals surface area contributed by atoms with Gasteiger partial charge < -0.3 is 5.11 Å². The zero-order chi connectivity index (χ0) is 11.6. The van der Waals surface area contributed by atoms with E-state index in [1.807, 2.05) is 0 Å². The van der Waals surface area contributed by atoms with Crippen molar-refractivity contribution in [1.82, 2.24) is 0 Å². The van der Waals surface area contributed by atoms with Gasteiger partial charge in [-0.15, -0.1) is 11.8 Å². The molecule has 0 heterocycles. The van der Waals surface area contributed by atoms with Crippen molar-refractivity contribution in [3.8, 4) is 0 Å². The van der Waals surface area contributed by atoms with Crippen LogP contribution in [0.1, 0.15) is 19.4 Å². The first-order valence-corrected chi connectivity index (χ1v) is 5.33. The number of thioether (sulfide) groups is 1. The summed E-state index contributed by atoms with van der Waals surface area (Å²) in [6.07, 6.45) is 0. The zero-order valence-electron chi connectivity index (χ0n) is 8.87. The van der Waals surface area contributed by atoms with Crippen molar-refractivity contribution in [3.63, 3.8) is 0 Å². The molecule has 1 N–H and O–H groups in total. The molecule has 0 aliphatic heterocycles. The lowest BCUT2D eigenvalue weighted by Crippen LogP contribution is -2.27. The Morgan fingerprint density at radius 1 is 1.47 bits per heavy atom. The van der Waals surface area contributed by atoms with Crippen molar-refractivity contribution in [1.29, 1.82) is 0 Å².